The molecule has 0 unspecified atom stereocenters. The number of nitrogens with zero attached hydrogens (tertiary/aromatic N) is 6. The lowest BCUT2D eigenvalue weighted by Gasteiger charge is -2.15. The van der Waals surface area contributed by atoms with Crippen molar-refractivity contribution < 1.29 is 0 Å². The van der Waals surface area contributed by atoms with Crippen molar-refractivity contribution in [2.24, 2.45) is 0 Å². The lowest BCUT2D eigenvalue weighted by molar-refractivity contribution is 1.15. The Morgan fingerprint density at radius 2 is 0.684 bits per heavy atom. The molecule has 11 aromatic rings. The summed E-state index contributed by atoms with van der Waals surface area (Å²) in [4.78, 5) is 0. The Hall–Kier alpha value is -8.37. The van der Waals surface area contributed by atoms with E-state index in [-0.39, 0.29) is 0 Å². The second-order valence-electron chi connectivity index (χ2n) is 14.4. The molecule has 8 aromatic carbocycles. The maximum Gasteiger partial charge on any atom is 0.0992 e. The summed E-state index contributed by atoms with van der Waals surface area (Å²) < 4.78 is 6.70. The summed E-state index contributed by atoms with van der Waals surface area (Å²) in [7, 11) is 0. The zero-order chi connectivity index (χ0) is 38.2. The van der Waals surface area contributed by atoms with Crippen LogP contribution in [0.15, 0.2) is 170 Å². The highest BCUT2D eigenvalue weighted by atomic mass is 15.0. The Morgan fingerprint density at radius 1 is 0.281 bits per heavy atom. The number of rotatable bonds is 4. The van der Waals surface area contributed by atoms with E-state index < -0.39 is 0 Å². The van der Waals surface area contributed by atoms with Crippen LogP contribution >= 0.6 is 0 Å². The van der Waals surface area contributed by atoms with Crippen molar-refractivity contribution in [2.75, 3.05) is 0 Å². The van der Waals surface area contributed by atoms with E-state index in [9.17, 15) is 15.8 Å². The van der Waals surface area contributed by atoms with Crippen molar-refractivity contribution in [1.29, 1.82) is 15.8 Å². The zero-order valence-corrected chi connectivity index (χ0v) is 30.3. The van der Waals surface area contributed by atoms with Crippen LogP contribution < -0.4 is 0 Å². The number of aromatic nitrogens is 3. The number of benzene rings is 8. The number of fused-ring (bicyclic) bond motifs is 9. The monoisotopic (exact) mass is 724 g/mol. The summed E-state index contributed by atoms with van der Waals surface area (Å²) in [5.41, 5.74) is 12.1. The van der Waals surface area contributed by atoms with Gasteiger partial charge in [0, 0.05) is 49.4 Å². The first-order valence-electron chi connectivity index (χ1n) is 18.7. The van der Waals surface area contributed by atoms with Gasteiger partial charge >= 0.3 is 0 Å². The van der Waals surface area contributed by atoms with Crippen LogP contribution in [-0.4, -0.2) is 13.7 Å². The molecule has 6 heteroatoms. The van der Waals surface area contributed by atoms with Crippen LogP contribution in [0.2, 0.25) is 0 Å². The van der Waals surface area contributed by atoms with Gasteiger partial charge in [-0.15, -0.1) is 0 Å². The van der Waals surface area contributed by atoms with E-state index in [4.69, 9.17) is 0 Å². The highest BCUT2D eigenvalue weighted by Gasteiger charge is 2.19. The minimum atomic E-state index is 0.491. The first-order valence-corrected chi connectivity index (χ1v) is 18.7. The summed E-state index contributed by atoms with van der Waals surface area (Å²) in [5.74, 6) is 0. The third kappa shape index (κ3) is 4.81. The molecular weight excluding hydrogens is 697 g/mol. The molecule has 0 N–H and O–H groups in total. The fraction of sp³-hybridized carbons (Fsp3) is 0. The molecule has 0 amide bonds. The van der Waals surface area contributed by atoms with Crippen LogP contribution in [0.5, 0.6) is 0 Å². The quantitative estimate of drug-likeness (QED) is 0.181. The summed E-state index contributed by atoms with van der Waals surface area (Å²) in [6, 6.07) is 64.8. The first-order chi connectivity index (χ1) is 28.1. The molecule has 6 nitrogen and oxygen atoms in total. The molecule has 262 valence electrons. The first kappa shape index (κ1) is 32.1. The normalized spacial score (nSPS) is 11.5. The summed E-state index contributed by atoms with van der Waals surface area (Å²) in [5, 5.41) is 37.3. The molecule has 0 bridgehead atoms. The van der Waals surface area contributed by atoms with E-state index in [1.807, 2.05) is 66.7 Å². The molecule has 57 heavy (non-hydrogen) atoms. The molecule has 3 heterocycles. The topological polar surface area (TPSA) is 86.2 Å². The Kier molecular flexibility index (Phi) is 6.95. The maximum atomic E-state index is 10.5. The summed E-state index contributed by atoms with van der Waals surface area (Å²) in [6.45, 7) is 0. The second kappa shape index (κ2) is 12.3. The van der Waals surface area contributed by atoms with Gasteiger partial charge < -0.3 is 13.7 Å². The van der Waals surface area contributed by atoms with Gasteiger partial charge in [-0.3, -0.25) is 0 Å². The lowest BCUT2D eigenvalue weighted by Crippen LogP contribution is -1.99. The van der Waals surface area contributed by atoms with E-state index >= 15 is 0 Å². The van der Waals surface area contributed by atoms with Gasteiger partial charge in [0.25, 0.3) is 0 Å². The number of hydrogen-bond donors (Lipinski definition) is 0. The van der Waals surface area contributed by atoms with Crippen LogP contribution in [-0.2, 0) is 0 Å². The molecule has 0 fully saturated rings. The molecule has 3 aromatic heterocycles. The molecule has 11 rings (SSSR count). The minimum Gasteiger partial charge on any atom is -0.309 e. The van der Waals surface area contributed by atoms with Crippen molar-refractivity contribution in [3.63, 3.8) is 0 Å². The van der Waals surface area contributed by atoms with E-state index in [1.54, 1.807) is 0 Å². The molecule has 0 aliphatic carbocycles. The van der Waals surface area contributed by atoms with Crippen molar-refractivity contribution in [3.8, 4) is 46.4 Å². The number of nitriles is 3. The largest absolute Gasteiger partial charge is 0.309 e. The third-order valence-corrected chi connectivity index (χ3v) is 11.2. The second-order valence-corrected chi connectivity index (χ2v) is 14.4. The van der Waals surface area contributed by atoms with E-state index in [1.165, 1.54) is 10.8 Å². The third-order valence-electron chi connectivity index (χ3n) is 11.2. The van der Waals surface area contributed by atoms with Gasteiger partial charge in [0.05, 0.1) is 68.0 Å². The van der Waals surface area contributed by atoms with Gasteiger partial charge in [-0.05, 0) is 102 Å². The zero-order valence-electron chi connectivity index (χ0n) is 30.3. The highest BCUT2D eigenvalue weighted by molar-refractivity contribution is 6.13. The van der Waals surface area contributed by atoms with Crippen molar-refractivity contribution >= 4 is 65.4 Å². The van der Waals surface area contributed by atoms with Crippen molar-refractivity contribution in [1.82, 2.24) is 13.7 Å². The van der Waals surface area contributed by atoms with Crippen LogP contribution in [0.1, 0.15) is 16.7 Å². The Bertz CT molecular complexity index is 3520. The number of para-hydroxylation sites is 4. The van der Waals surface area contributed by atoms with Gasteiger partial charge in [-0.2, -0.15) is 15.8 Å². The molecule has 0 saturated heterocycles. The van der Waals surface area contributed by atoms with Gasteiger partial charge in [-0.1, -0.05) is 78.9 Å². The highest BCUT2D eigenvalue weighted by Crippen LogP contribution is 2.39. The minimum absolute atomic E-state index is 0.491. The van der Waals surface area contributed by atoms with Crippen LogP contribution in [0.25, 0.3) is 93.6 Å². The van der Waals surface area contributed by atoms with Gasteiger partial charge in [-0.25, -0.2) is 0 Å². The van der Waals surface area contributed by atoms with Gasteiger partial charge in [0.2, 0.25) is 0 Å². The fourth-order valence-electron chi connectivity index (χ4n) is 8.84. The van der Waals surface area contributed by atoms with Crippen LogP contribution in [0, 0.1) is 34.0 Å². The van der Waals surface area contributed by atoms with Crippen molar-refractivity contribution in [3.05, 3.63) is 187 Å². The molecule has 0 radical (unpaired) electrons. The standard InChI is InChI=1S/C51H28N6/c52-29-32-17-20-50-45(25-32)44-19-18-37(55-46-13-5-1-9-40(46)41-10-2-6-14-47(41)55)28-51(44)57(50)39-24-34(31-54)22-36(27-39)35-21-33(30-53)23-38(26-35)56-48-15-7-3-11-42(48)43-12-4-8-16-49(43)56/h1-28H. The SMILES string of the molecule is N#Cc1cc(-c2cc(C#N)cc(-n3c4ccc(C#N)cc4c4ccc(-n5c6ccccc6c6ccccc65)cc43)c2)cc(-n2c3ccccc3c3ccccc32)c1. The summed E-state index contributed by atoms with van der Waals surface area (Å²) >= 11 is 0. The Morgan fingerprint density at radius 3 is 1.16 bits per heavy atom. The number of hydrogen-bond acceptors (Lipinski definition) is 3. The molecule has 0 aliphatic heterocycles. The van der Waals surface area contributed by atoms with E-state index in [2.05, 4.69) is 135 Å². The predicted octanol–water partition coefficient (Wildman–Crippen LogP) is 12.3. The maximum absolute atomic E-state index is 10.5. The van der Waals surface area contributed by atoms with E-state index in [0.29, 0.717) is 16.7 Å². The summed E-state index contributed by atoms with van der Waals surface area (Å²) in [6.07, 6.45) is 0. The Balaban J connectivity index is 1.17. The molecular formula is C51H28N6. The Labute approximate surface area is 326 Å². The molecule has 0 saturated carbocycles. The predicted molar refractivity (Wildman–Crippen MR) is 229 cm³/mol. The van der Waals surface area contributed by atoms with Gasteiger partial charge in [0.15, 0.2) is 0 Å². The smallest absolute Gasteiger partial charge is 0.0992 e. The molecule has 0 aliphatic rings. The van der Waals surface area contributed by atoms with Crippen LogP contribution in [0.4, 0.5) is 0 Å². The lowest BCUT2D eigenvalue weighted by atomic mass is 9.99. The van der Waals surface area contributed by atoms with Crippen LogP contribution in [0.3, 0.4) is 0 Å². The molecule has 0 atom stereocenters. The van der Waals surface area contributed by atoms with Crippen molar-refractivity contribution in [2.45, 2.75) is 0 Å². The average Bonchev–Trinajstić information content (AvgIpc) is 3.91. The van der Waals surface area contributed by atoms with Gasteiger partial charge in [0.1, 0.15) is 0 Å². The molecule has 0 spiro atoms. The fourth-order valence-corrected chi connectivity index (χ4v) is 8.84. The average molecular weight is 725 g/mol. The van der Waals surface area contributed by atoms with E-state index in [0.717, 1.165) is 82.8 Å².